The van der Waals surface area contributed by atoms with Crippen molar-refractivity contribution in [3.8, 4) is 0 Å². The smallest absolute Gasteiger partial charge is 0.220 e. The number of rotatable bonds is 6. The van der Waals surface area contributed by atoms with Gasteiger partial charge in [0.05, 0.1) is 6.10 Å². The molecule has 0 aromatic heterocycles. The summed E-state index contributed by atoms with van der Waals surface area (Å²) in [5.41, 5.74) is 0. The highest BCUT2D eigenvalue weighted by atomic mass is 16.3. The fourth-order valence-electron chi connectivity index (χ4n) is 3.62. The van der Waals surface area contributed by atoms with Crippen LogP contribution in [0.2, 0.25) is 0 Å². The lowest BCUT2D eigenvalue weighted by Gasteiger charge is -2.21. The van der Waals surface area contributed by atoms with E-state index in [1.165, 1.54) is 38.5 Å². The molecule has 2 unspecified atom stereocenters. The SMILES string of the molecule is O=C(CCCC1CCCCC1)NCC1CCCC1O. The fourth-order valence-corrected chi connectivity index (χ4v) is 3.62. The van der Waals surface area contributed by atoms with E-state index in [0.717, 1.165) is 31.6 Å². The van der Waals surface area contributed by atoms with Crippen molar-refractivity contribution in [3.05, 3.63) is 0 Å². The lowest BCUT2D eigenvalue weighted by Crippen LogP contribution is -2.32. The molecule has 0 aromatic rings. The zero-order valence-electron chi connectivity index (χ0n) is 12.1. The number of carbonyl (C=O) groups is 1. The number of aliphatic hydroxyl groups excluding tert-OH is 1. The first-order valence-corrected chi connectivity index (χ1v) is 8.20. The van der Waals surface area contributed by atoms with Gasteiger partial charge in [-0.25, -0.2) is 0 Å². The molecule has 0 heterocycles. The first kappa shape index (κ1) is 14.8. The molecule has 2 N–H and O–H groups in total. The van der Waals surface area contributed by atoms with Crippen LogP contribution in [-0.2, 0) is 4.79 Å². The number of hydrogen-bond acceptors (Lipinski definition) is 2. The summed E-state index contributed by atoms with van der Waals surface area (Å²) < 4.78 is 0. The lowest BCUT2D eigenvalue weighted by molar-refractivity contribution is -0.121. The Balaban J connectivity index is 1.51. The minimum Gasteiger partial charge on any atom is -0.393 e. The van der Waals surface area contributed by atoms with Gasteiger partial charge in [-0.15, -0.1) is 0 Å². The minimum atomic E-state index is -0.192. The maximum absolute atomic E-state index is 11.8. The van der Waals surface area contributed by atoms with Crippen LogP contribution >= 0.6 is 0 Å². The average molecular weight is 267 g/mol. The van der Waals surface area contributed by atoms with Gasteiger partial charge in [-0.05, 0) is 31.6 Å². The van der Waals surface area contributed by atoms with Crippen LogP contribution in [0, 0.1) is 11.8 Å². The Hall–Kier alpha value is -0.570. The molecule has 3 heteroatoms. The molecule has 2 aliphatic carbocycles. The predicted molar refractivity (Wildman–Crippen MR) is 76.8 cm³/mol. The van der Waals surface area contributed by atoms with E-state index < -0.39 is 0 Å². The maximum atomic E-state index is 11.8. The van der Waals surface area contributed by atoms with Gasteiger partial charge < -0.3 is 10.4 Å². The van der Waals surface area contributed by atoms with Crippen LogP contribution in [0.4, 0.5) is 0 Å². The second-order valence-electron chi connectivity index (χ2n) is 6.46. The van der Waals surface area contributed by atoms with E-state index in [9.17, 15) is 9.90 Å². The van der Waals surface area contributed by atoms with Gasteiger partial charge in [0.15, 0.2) is 0 Å². The molecule has 2 rings (SSSR count). The van der Waals surface area contributed by atoms with E-state index in [4.69, 9.17) is 0 Å². The molecule has 0 aliphatic heterocycles. The molecule has 2 atom stereocenters. The van der Waals surface area contributed by atoms with E-state index in [1.54, 1.807) is 0 Å². The van der Waals surface area contributed by atoms with Crippen molar-refractivity contribution in [2.24, 2.45) is 11.8 Å². The molecule has 2 aliphatic rings. The van der Waals surface area contributed by atoms with Gasteiger partial charge in [0, 0.05) is 18.9 Å². The van der Waals surface area contributed by atoms with Crippen molar-refractivity contribution in [1.82, 2.24) is 5.32 Å². The maximum Gasteiger partial charge on any atom is 0.220 e. The van der Waals surface area contributed by atoms with Crippen LogP contribution in [0.5, 0.6) is 0 Å². The zero-order valence-corrected chi connectivity index (χ0v) is 12.1. The van der Waals surface area contributed by atoms with Gasteiger partial charge in [0.2, 0.25) is 5.91 Å². The summed E-state index contributed by atoms with van der Waals surface area (Å²) in [4.78, 5) is 11.8. The Bertz CT molecular complexity index is 274. The quantitative estimate of drug-likeness (QED) is 0.777. The topological polar surface area (TPSA) is 49.3 Å². The normalized spacial score (nSPS) is 28.5. The van der Waals surface area contributed by atoms with Gasteiger partial charge in [0.1, 0.15) is 0 Å². The van der Waals surface area contributed by atoms with Crippen LogP contribution in [0.25, 0.3) is 0 Å². The van der Waals surface area contributed by atoms with Crippen LogP contribution < -0.4 is 5.32 Å². The summed E-state index contributed by atoms with van der Waals surface area (Å²) in [6, 6.07) is 0. The predicted octanol–water partition coefficient (Wildman–Crippen LogP) is 3.01. The zero-order chi connectivity index (χ0) is 13.5. The van der Waals surface area contributed by atoms with Crippen LogP contribution in [0.3, 0.4) is 0 Å². The fraction of sp³-hybridized carbons (Fsp3) is 0.938. The van der Waals surface area contributed by atoms with Crippen molar-refractivity contribution in [3.63, 3.8) is 0 Å². The van der Waals surface area contributed by atoms with Crippen molar-refractivity contribution in [2.75, 3.05) is 6.54 Å². The Labute approximate surface area is 117 Å². The summed E-state index contributed by atoms with van der Waals surface area (Å²) in [6.07, 6.45) is 12.7. The standard InChI is InChI=1S/C16H29NO2/c18-15-10-5-9-14(15)12-17-16(19)11-4-8-13-6-2-1-3-7-13/h13-15,18H,1-12H2,(H,17,19). The van der Waals surface area contributed by atoms with E-state index in [-0.39, 0.29) is 12.0 Å². The first-order valence-electron chi connectivity index (χ1n) is 8.20. The number of nitrogens with one attached hydrogen (secondary N) is 1. The Kier molecular flexibility index (Phi) is 6.15. The number of aliphatic hydroxyl groups is 1. The number of carbonyl (C=O) groups excluding carboxylic acids is 1. The second kappa shape index (κ2) is 7.88. The van der Waals surface area contributed by atoms with Gasteiger partial charge in [0.25, 0.3) is 0 Å². The van der Waals surface area contributed by atoms with Crippen LogP contribution in [-0.4, -0.2) is 23.7 Å². The van der Waals surface area contributed by atoms with Gasteiger partial charge in [-0.3, -0.25) is 4.79 Å². The molecular weight excluding hydrogens is 238 g/mol. The molecule has 0 radical (unpaired) electrons. The van der Waals surface area contributed by atoms with Crippen LogP contribution in [0.15, 0.2) is 0 Å². The Morgan fingerprint density at radius 3 is 2.53 bits per heavy atom. The van der Waals surface area contributed by atoms with Gasteiger partial charge in [-0.1, -0.05) is 38.5 Å². The average Bonchev–Trinajstić information content (AvgIpc) is 2.83. The van der Waals surface area contributed by atoms with Crippen molar-refractivity contribution in [2.45, 2.75) is 76.7 Å². The molecule has 2 saturated carbocycles. The molecule has 110 valence electrons. The molecular formula is C16H29NO2. The van der Waals surface area contributed by atoms with E-state index >= 15 is 0 Å². The highest BCUT2D eigenvalue weighted by molar-refractivity contribution is 5.75. The van der Waals surface area contributed by atoms with E-state index in [0.29, 0.717) is 18.9 Å². The number of amides is 1. The highest BCUT2D eigenvalue weighted by Crippen LogP contribution is 2.27. The summed E-state index contributed by atoms with van der Waals surface area (Å²) in [5.74, 6) is 1.34. The van der Waals surface area contributed by atoms with E-state index in [2.05, 4.69) is 5.32 Å². The molecule has 0 bridgehead atoms. The van der Waals surface area contributed by atoms with E-state index in [1.807, 2.05) is 0 Å². The summed E-state index contributed by atoms with van der Waals surface area (Å²) in [7, 11) is 0. The Morgan fingerprint density at radius 2 is 1.84 bits per heavy atom. The lowest BCUT2D eigenvalue weighted by atomic mass is 9.86. The van der Waals surface area contributed by atoms with Crippen molar-refractivity contribution < 1.29 is 9.90 Å². The molecule has 3 nitrogen and oxygen atoms in total. The monoisotopic (exact) mass is 267 g/mol. The molecule has 0 spiro atoms. The summed E-state index contributed by atoms with van der Waals surface area (Å²) in [5, 5.41) is 12.7. The molecule has 19 heavy (non-hydrogen) atoms. The molecule has 1 amide bonds. The first-order chi connectivity index (χ1) is 9.25. The molecule has 0 saturated heterocycles. The highest BCUT2D eigenvalue weighted by Gasteiger charge is 2.25. The molecule has 2 fully saturated rings. The summed E-state index contributed by atoms with van der Waals surface area (Å²) >= 11 is 0. The largest absolute Gasteiger partial charge is 0.393 e. The third-order valence-electron chi connectivity index (χ3n) is 4.92. The summed E-state index contributed by atoms with van der Waals surface area (Å²) in [6.45, 7) is 0.670. The molecule has 0 aromatic carbocycles. The van der Waals surface area contributed by atoms with Crippen molar-refractivity contribution in [1.29, 1.82) is 0 Å². The second-order valence-corrected chi connectivity index (χ2v) is 6.46. The number of hydrogen-bond donors (Lipinski definition) is 2. The third kappa shape index (κ3) is 5.13. The van der Waals surface area contributed by atoms with Gasteiger partial charge >= 0.3 is 0 Å². The Morgan fingerprint density at radius 1 is 1.05 bits per heavy atom. The third-order valence-corrected chi connectivity index (χ3v) is 4.92. The van der Waals surface area contributed by atoms with Crippen LogP contribution in [0.1, 0.15) is 70.6 Å². The van der Waals surface area contributed by atoms with Crippen molar-refractivity contribution >= 4 is 5.91 Å². The minimum absolute atomic E-state index is 0.176. The van der Waals surface area contributed by atoms with Gasteiger partial charge in [-0.2, -0.15) is 0 Å².